The van der Waals surface area contributed by atoms with Gasteiger partial charge in [0.2, 0.25) is 0 Å². The SMILES string of the molecule is CC1(NS(=O)(=O)N2CCCCC2CN)CCS(=O)(=O)C1. The molecule has 0 aromatic carbocycles. The van der Waals surface area contributed by atoms with Crippen LogP contribution >= 0.6 is 0 Å². The number of nitrogens with two attached hydrogens (primary N) is 1. The molecule has 0 aromatic heterocycles. The van der Waals surface area contributed by atoms with Gasteiger partial charge in [-0.3, -0.25) is 0 Å². The smallest absolute Gasteiger partial charge is 0.280 e. The molecule has 2 rings (SSSR count). The van der Waals surface area contributed by atoms with E-state index in [4.69, 9.17) is 5.73 Å². The van der Waals surface area contributed by atoms with Crippen molar-refractivity contribution >= 4 is 20.0 Å². The van der Waals surface area contributed by atoms with Gasteiger partial charge in [-0.15, -0.1) is 0 Å². The molecule has 9 heteroatoms. The second-order valence-corrected chi connectivity index (χ2v) is 9.81. The number of rotatable bonds is 4. The van der Waals surface area contributed by atoms with Gasteiger partial charge in [0.05, 0.1) is 11.5 Å². The Kier molecular flexibility index (Phi) is 4.46. The summed E-state index contributed by atoms with van der Waals surface area (Å²) in [6.07, 6.45) is 2.86. The van der Waals surface area contributed by atoms with Gasteiger partial charge in [0.25, 0.3) is 10.2 Å². The minimum atomic E-state index is -3.70. The second kappa shape index (κ2) is 5.53. The van der Waals surface area contributed by atoms with Crippen LogP contribution in [-0.2, 0) is 20.0 Å². The zero-order valence-corrected chi connectivity index (χ0v) is 13.3. The fraction of sp³-hybridized carbons (Fsp3) is 1.00. The van der Waals surface area contributed by atoms with Crippen LogP contribution in [0.15, 0.2) is 0 Å². The molecule has 7 nitrogen and oxygen atoms in total. The van der Waals surface area contributed by atoms with E-state index in [1.807, 2.05) is 0 Å². The lowest BCUT2D eigenvalue weighted by atomic mass is 10.0. The van der Waals surface area contributed by atoms with Gasteiger partial charge in [-0.1, -0.05) is 6.42 Å². The lowest BCUT2D eigenvalue weighted by Gasteiger charge is -2.36. The first-order valence-electron chi connectivity index (χ1n) is 6.89. The lowest BCUT2D eigenvalue weighted by molar-refractivity contribution is 0.250. The van der Waals surface area contributed by atoms with Crippen LogP contribution in [0.1, 0.15) is 32.6 Å². The van der Waals surface area contributed by atoms with Crippen LogP contribution in [0.2, 0.25) is 0 Å². The minimum Gasteiger partial charge on any atom is -0.329 e. The van der Waals surface area contributed by atoms with Gasteiger partial charge in [0.15, 0.2) is 9.84 Å². The molecule has 0 radical (unpaired) electrons. The molecule has 2 aliphatic rings. The topological polar surface area (TPSA) is 110 Å². The van der Waals surface area contributed by atoms with Gasteiger partial charge in [0.1, 0.15) is 0 Å². The highest BCUT2D eigenvalue weighted by Gasteiger charge is 2.43. The summed E-state index contributed by atoms with van der Waals surface area (Å²) in [7, 11) is -6.84. The summed E-state index contributed by atoms with van der Waals surface area (Å²) >= 11 is 0. The summed E-state index contributed by atoms with van der Waals surface area (Å²) in [5, 5.41) is 0. The van der Waals surface area contributed by atoms with Crippen LogP contribution in [0.3, 0.4) is 0 Å². The monoisotopic (exact) mass is 325 g/mol. The third-order valence-electron chi connectivity index (χ3n) is 4.03. The Morgan fingerprint density at radius 2 is 2.10 bits per heavy atom. The zero-order chi connectivity index (χ0) is 15.0. The van der Waals surface area contributed by atoms with Crippen LogP contribution in [0, 0.1) is 0 Å². The molecule has 2 aliphatic heterocycles. The number of nitrogens with zero attached hydrogens (tertiary/aromatic N) is 1. The molecule has 2 fully saturated rings. The van der Waals surface area contributed by atoms with Gasteiger partial charge in [-0.05, 0) is 26.2 Å². The highest BCUT2D eigenvalue weighted by Crippen LogP contribution is 2.26. The first kappa shape index (κ1) is 16.2. The number of sulfone groups is 1. The summed E-state index contributed by atoms with van der Waals surface area (Å²) < 4.78 is 52.1. The van der Waals surface area contributed by atoms with E-state index in [1.165, 1.54) is 4.31 Å². The van der Waals surface area contributed by atoms with Crippen LogP contribution in [0.25, 0.3) is 0 Å². The van der Waals surface area contributed by atoms with Crippen molar-refractivity contribution in [3.63, 3.8) is 0 Å². The first-order chi connectivity index (χ1) is 9.18. The van der Waals surface area contributed by atoms with Gasteiger partial charge < -0.3 is 5.73 Å². The highest BCUT2D eigenvalue weighted by atomic mass is 32.2. The maximum atomic E-state index is 12.5. The molecule has 2 unspecified atom stereocenters. The van der Waals surface area contributed by atoms with Crippen molar-refractivity contribution in [1.29, 1.82) is 0 Å². The van der Waals surface area contributed by atoms with Crippen LogP contribution in [-0.4, -0.2) is 57.3 Å². The van der Waals surface area contributed by atoms with E-state index in [1.54, 1.807) is 6.92 Å². The van der Waals surface area contributed by atoms with Crippen LogP contribution in [0.5, 0.6) is 0 Å². The summed E-state index contributed by atoms with van der Waals surface area (Å²) in [5.41, 5.74) is 4.74. The average Bonchev–Trinajstić information content (AvgIpc) is 2.62. The molecule has 0 amide bonds. The van der Waals surface area contributed by atoms with E-state index in [2.05, 4.69) is 4.72 Å². The van der Waals surface area contributed by atoms with Crippen LogP contribution in [0.4, 0.5) is 0 Å². The molecule has 2 heterocycles. The average molecular weight is 325 g/mol. The number of hydrogen-bond donors (Lipinski definition) is 2. The fourth-order valence-electron chi connectivity index (χ4n) is 2.99. The van der Waals surface area contributed by atoms with Crippen molar-refractivity contribution in [2.24, 2.45) is 5.73 Å². The van der Waals surface area contributed by atoms with Crippen molar-refractivity contribution in [1.82, 2.24) is 9.03 Å². The molecule has 0 bridgehead atoms. The molecule has 2 saturated heterocycles. The Morgan fingerprint density at radius 3 is 2.65 bits per heavy atom. The maximum Gasteiger partial charge on any atom is 0.280 e. The Bertz CT molecular complexity index is 560. The van der Waals surface area contributed by atoms with Gasteiger partial charge in [-0.2, -0.15) is 17.4 Å². The van der Waals surface area contributed by atoms with E-state index in [9.17, 15) is 16.8 Å². The Balaban J connectivity index is 2.15. The van der Waals surface area contributed by atoms with Crippen LogP contribution < -0.4 is 10.5 Å². The molecule has 2 atom stereocenters. The Labute approximate surface area is 121 Å². The predicted molar refractivity (Wildman–Crippen MR) is 77.1 cm³/mol. The Hall–Kier alpha value is -0.220. The maximum absolute atomic E-state index is 12.5. The summed E-state index contributed by atoms with van der Waals surface area (Å²) in [5.74, 6) is -0.104. The van der Waals surface area contributed by atoms with Crippen molar-refractivity contribution in [2.75, 3.05) is 24.6 Å². The van der Waals surface area contributed by atoms with E-state index < -0.39 is 25.6 Å². The highest BCUT2D eigenvalue weighted by molar-refractivity contribution is 7.92. The molecule has 0 aliphatic carbocycles. The number of piperidine rings is 1. The normalized spacial score (nSPS) is 35.2. The molecule has 3 N–H and O–H groups in total. The summed E-state index contributed by atoms with van der Waals surface area (Å²) in [6.45, 7) is 2.38. The predicted octanol–water partition coefficient (Wildman–Crippen LogP) is -0.789. The second-order valence-electron chi connectivity index (χ2n) is 6.01. The van der Waals surface area contributed by atoms with E-state index in [0.717, 1.165) is 19.3 Å². The van der Waals surface area contributed by atoms with Crippen molar-refractivity contribution in [3.8, 4) is 0 Å². The Morgan fingerprint density at radius 1 is 1.40 bits per heavy atom. The molecule has 0 saturated carbocycles. The largest absolute Gasteiger partial charge is 0.329 e. The summed E-state index contributed by atoms with van der Waals surface area (Å²) in [4.78, 5) is 0. The van der Waals surface area contributed by atoms with E-state index >= 15 is 0 Å². The summed E-state index contributed by atoms with van der Waals surface area (Å²) in [6, 6.07) is -0.192. The van der Waals surface area contributed by atoms with E-state index in [0.29, 0.717) is 13.0 Å². The standard InChI is InChI=1S/C11H23N3O4S2/c1-11(5-7-19(15,16)9-11)13-20(17,18)14-6-3-2-4-10(14)8-12/h10,13H,2-9,12H2,1H3. The van der Waals surface area contributed by atoms with Crippen molar-refractivity contribution in [3.05, 3.63) is 0 Å². The number of hydrogen-bond acceptors (Lipinski definition) is 5. The van der Waals surface area contributed by atoms with E-state index in [-0.39, 0.29) is 24.1 Å². The van der Waals surface area contributed by atoms with Gasteiger partial charge >= 0.3 is 0 Å². The molecular formula is C11H23N3O4S2. The lowest BCUT2D eigenvalue weighted by Crippen LogP contribution is -2.57. The van der Waals surface area contributed by atoms with Gasteiger partial charge in [-0.25, -0.2) is 8.42 Å². The third-order valence-corrected chi connectivity index (χ3v) is 7.78. The van der Waals surface area contributed by atoms with Gasteiger partial charge in [0, 0.05) is 24.7 Å². The third kappa shape index (κ3) is 3.51. The number of nitrogens with one attached hydrogen (secondary N) is 1. The molecular weight excluding hydrogens is 302 g/mol. The molecule has 118 valence electrons. The minimum absolute atomic E-state index is 0.0341. The molecule has 0 aromatic rings. The van der Waals surface area contributed by atoms with Crippen molar-refractivity contribution < 1.29 is 16.8 Å². The fourth-order valence-corrected chi connectivity index (χ4v) is 7.04. The zero-order valence-electron chi connectivity index (χ0n) is 11.7. The molecule has 20 heavy (non-hydrogen) atoms. The van der Waals surface area contributed by atoms with Crippen molar-refractivity contribution in [2.45, 2.75) is 44.2 Å². The molecule has 0 spiro atoms. The quantitative estimate of drug-likeness (QED) is 0.704. The first-order valence-corrected chi connectivity index (χ1v) is 10.1.